The molecule has 0 amide bonds. The average Bonchev–Trinajstić information content (AvgIpc) is 2.67. The number of nitrogen functional groups attached to an aromatic ring is 1. The first-order valence-electron chi connectivity index (χ1n) is 6.27. The first-order valence-corrected chi connectivity index (χ1v) is 6.27. The molecular formula is C14H20N4O. The molecule has 0 spiro atoms. The number of hydrogen-bond donors (Lipinski definition) is 2. The van der Waals surface area contributed by atoms with Crippen LogP contribution in [0.25, 0.3) is 0 Å². The van der Waals surface area contributed by atoms with Gasteiger partial charge in [0, 0.05) is 7.05 Å². The number of nitrogens with two attached hydrogens (primary N) is 1. The van der Waals surface area contributed by atoms with Gasteiger partial charge in [-0.15, -0.1) is 0 Å². The molecule has 1 aromatic carbocycles. The normalized spacial score (nSPS) is 10.8. The second-order valence-corrected chi connectivity index (χ2v) is 4.75. The van der Waals surface area contributed by atoms with Crippen LogP contribution in [-0.2, 0) is 7.05 Å². The molecule has 0 atom stereocenters. The van der Waals surface area contributed by atoms with E-state index in [1.54, 1.807) is 11.8 Å². The number of methoxy groups -OCH3 is 1. The Hall–Kier alpha value is -2.17. The third kappa shape index (κ3) is 2.50. The summed E-state index contributed by atoms with van der Waals surface area (Å²) in [6.07, 6.45) is 0. The zero-order valence-electron chi connectivity index (χ0n) is 11.8. The predicted octanol–water partition coefficient (Wildman–Crippen LogP) is 2.88. The number of para-hydroxylation sites is 2. The Morgan fingerprint density at radius 1 is 1.32 bits per heavy atom. The smallest absolute Gasteiger partial charge is 0.152 e. The third-order valence-electron chi connectivity index (χ3n) is 3.02. The van der Waals surface area contributed by atoms with Crippen LogP contribution in [0.3, 0.4) is 0 Å². The van der Waals surface area contributed by atoms with Crippen molar-refractivity contribution in [2.75, 3.05) is 18.2 Å². The summed E-state index contributed by atoms with van der Waals surface area (Å²) >= 11 is 0. The molecule has 0 bridgehead atoms. The van der Waals surface area contributed by atoms with E-state index in [9.17, 15) is 0 Å². The molecule has 5 heteroatoms. The minimum atomic E-state index is 0.291. The van der Waals surface area contributed by atoms with E-state index in [1.165, 1.54) is 0 Å². The topological polar surface area (TPSA) is 65.1 Å². The van der Waals surface area contributed by atoms with Crippen molar-refractivity contribution in [2.24, 2.45) is 7.05 Å². The second kappa shape index (κ2) is 5.22. The molecule has 102 valence electrons. The van der Waals surface area contributed by atoms with Gasteiger partial charge in [0.2, 0.25) is 0 Å². The molecule has 0 saturated carbocycles. The molecule has 1 heterocycles. The Morgan fingerprint density at radius 2 is 2.00 bits per heavy atom. The highest BCUT2D eigenvalue weighted by atomic mass is 16.5. The fourth-order valence-corrected chi connectivity index (χ4v) is 2.01. The van der Waals surface area contributed by atoms with E-state index >= 15 is 0 Å². The predicted molar refractivity (Wildman–Crippen MR) is 78.0 cm³/mol. The first kappa shape index (κ1) is 13.3. The number of rotatable bonds is 4. The van der Waals surface area contributed by atoms with Crippen LogP contribution in [-0.4, -0.2) is 16.9 Å². The van der Waals surface area contributed by atoms with Crippen molar-refractivity contribution >= 4 is 17.2 Å². The van der Waals surface area contributed by atoms with Gasteiger partial charge in [-0.3, -0.25) is 4.68 Å². The van der Waals surface area contributed by atoms with E-state index in [0.29, 0.717) is 11.6 Å². The first-order chi connectivity index (χ1) is 9.04. The van der Waals surface area contributed by atoms with Crippen molar-refractivity contribution in [1.29, 1.82) is 0 Å². The second-order valence-electron chi connectivity index (χ2n) is 4.75. The summed E-state index contributed by atoms with van der Waals surface area (Å²) in [5.41, 5.74) is 8.61. The molecule has 1 aromatic heterocycles. The van der Waals surface area contributed by atoms with Gasteiger partial charge in [0.1, 0.15) is 5.75 Å². The highest BCUT2D eigenvalue weighted by Crippen LogP contribution is 2.33. The fourth-order valence-electron chi connectivity index (χ4n) is 2.01. The summed E-state index contributed by atoms with van der Waals surface area (Å²) in [5.74, 6) is 1.85. The minimum absolute atomic E-state index is 0.291. The maximum Gasteiger partial charge on any atom is 0.152 e. The maximum absolute atomic E-state index is 6.16. The standard InChI is InChI=1S/C14H20N4O/c1-9(2)13-12(15)14(18(3)17-13)16-10-7-5-6-8-11(10)19-4/h5-9,16H,15H2,1-4H3. The Labute approximate surface area is 113 Å². The quantitative estimate of drug-likeness (QED) is 0.887. The molecule has 0 aliphatic rings. The van der Waals surface area contributed by atoms with Gasteiger partial charge in [0.25, 0.3) is 0 Å². The number of aryl methyl sites for hydroxylation is 1. The maximum atomic E-state index is 6.16. The number of ether oxygens (including phenoxy) is 1. The van der Waals surface area contributed by atoms with Crippen molar-refractivity contribution < 1.29 is 4.74 Å². The molecule has 2 aromatic rings. The number of nitrogens with zero attached hydrogens (tertiary/aromatic N) is 2. The molecule has 5 nitrogen and oxygen atoms in total. The molecule has 19 heavy (non-hydrogen) atoms. The van der Waals surface area contributed by atoms with Crippen LogP contribution in [0.1, 0.15) is 25.5 Å². The lowest BCUT2D eigenvalue weighted by molar-refractivity contribution is 0.417. The lowest BCUT2D eigenvalue weighted by Gasteiger charge is -2.11. The molecule has 2 rings (SSSR count). The summed E-state index contributed by atoms with van der Waals surface area (Å²) in [4.78, 5) is 0. The fraction of sp³-hybridized carbons (Fsp3) is 0.357. The number of anilines is 3. The summed E-state index contributed by atoms with van der Waals surface area (Å²) in [6.45, 7) is 4.15. The molecule has 0 unspecified atom stereocenters. The lowest BCUT2D eigenvalue weighted by Crippen LogP contribution is -2.02. The SMILES string of the molecule is COc1ccccc1Nc1c(N)c(C(C)C)nn1C. The average molecular weight is 260 g/mol. The molecule has 0 aliphatic heterocycles. The molecule has 3 N–H and O–H groups in total. The molecule has 0 radical (unpaired) electrons. The van der Waals surface area contributed by atoms with Crippen molar-refractivity contribution in [3.63, 3.8) is 0 Å². The van der Waals surface area contributed by atoms with Crippen molar-refractivity contribution in [3.8, 4) is 5.75 Å². The van der Waals surface area contributed by atoms with Gasteiger partial charge in [-0.25, -0.2) is 0 Å². The van der Waals surface area contributed by atoms with Crippen molar-refractivity contribution in [1.82, 2.24) is 9.78 Å². The summed E-state index contributed by atoms with van der Waals surface area (Å²) in [6, 6.07) is 7.72. The molecule has 0 saturated heterocycles. The largest absolute Gasteiger partial charge is 0.495 e. The third-order valence-corrected chi connectivity index (χ3v) is 3.02. The number of nitrogens with one attached hydrogen (secondary N) is 1. The lowest BCUT2D eigenvalue weighted by atomic mass is 10.1. The van der Waals surface area contributed by atoms with Gasteiger partial charge in [-0.2, -0.15) is 5.10 Å². The van der Waals surface area contributed by atoms with Crippen molar-refractivity contribution in [2.45, 2.75) is 19.8 Å². The summed E-state index contributed by atoms with van der Waals surface area (Å²) < 4.78 is 7.08. The number of aromatic nitrogens is 2. The van der Waals surface area contributed by atoms with Crippen LogP contribution in [0.15, 0.2) is 24.3 Å². The van der Waals surface area contributed by atoms with Crippen LogP contribution in [0.5, 0.6) is 5.75 Å². The minimum Gasteiger partial charge on any atom is -0.495 e. The number of benzene rings is 1. The van der Waals surface area contributed by atoms with Gasteiger partial charge in [-0.05, 0) is 18.1 Å². The van der Waals surface area contributed by atoms with Gasteiger partial charge in [0.05, 0.1) is 24.2 Å². The molecular weight excluding hydrogens is 240 g/mol. The highest BCUT2D eigenvalue weighted by molar-refractivity contribution is 5.74. The van der Waals surface area contributed by atoms with Gasteiger partial charge < -0.3 is 15.8 Å². The molecule has 0 fully saturated rings. The Kier molecular flexibility index (Phi) is 3.64. The van der Waals surface area contributed by atoms with Gasteiger partial charge in [0.15, 0.2) is 5.82 Å². The van der Waals surface area contributed by atoms with Gasteiger partial charge in [-0.1, -0.05) is 26.0 Å². The Bertz CT molecular complexity index is 575. The van der Waals surface area contributed by atoms with Crippen LogP contribution in [0.4, 0.5) is 17.2 Å². The zero-order valence-corrected chi connectivity index (χ0v) is 11.8. The Balaban J connectivity index is 2.38. The van der Waals surface area contributed by atoms with Crippen LogP contribution >= 0.6 is 0 Å². The van der Waals surface area contributed by atoms with Crippen LogP contribution < -0.4 is 15.8 Å². The summed E-state index contributed by atoms with van der Waals surface area (Å²) in [5, 5.41) is 7.74. The van der Waals surface area contributed by atoms with E-state index in [-0.39, 0.29) is 0 Å². The van der Waals surface area contributed by atoms with Crippen LogP contribution in [0, 0.1) is 0 Å². The Morgan fingerprint density at radius 3 is 2.58 bits per heavy atom. The van der Waals surface area contributed by atoms with E-state index in [1.807, 2.05) is 31.3 Å². The van der Waals surface area contributed by atoms with E-state index in [4.69, 9.17) is 10.5 Å². The monoisotopic (exact) mass is 260 g/mol. The molecule has 0 aliphatic carbocycles. The van der Waals surface area contributed by atoms with E-state index in [0.717, 1.165) is 22.9 Å². The highest BCUT2D eigenvalue weighted by Gasteiger charge is 2.16. The van der Waals surface area contributed by atoms with E-state index < -0.39 is 0 Å². The van der Waals surface area contributed by atoms with Gasteiger partial charge >= 0.3 is 0 Å². The van der Waals surface area contributed by atoms with E-state index in [2.05, 4.69) is 24.3 Å². The number of hydrogen-bond acceptors (Lipinski definition) is 4. The summed E-state index contributed by atoms with van der Waals surface area (Å²) in [7, 11) is 3.52. The van der Waals surface area contributed by atoms with Crippen LogP contribution in [0.2, 0.25) is 0 Å². The zero-order chi connectivity index (χ0) is 14.0. The van der Waals surface area contributed by atoms with Crippen molar-refractivity contribution in [3.05, 3.63) is 30.0 Å².